The molecule has 37 nitrogen and oxygen atoms in total. The Balaban J connectivity index is 0.660. The summed E-state index contributed by atoms with van der Waals surface area (Å²) >= 11 is 0. The third-order valence-corrected chi connectivity index (χ3v) is 17.6. The van der Waals surface area contributed by atoms with Crippen molar-refractivity contribution in [3.05, 3.63) is 0 Å². The van der Waals surface area contributed by atoms with Crippen molar-refractivity contribution in [1.29, 1.82) is 0 Å². The summed E-state index contributed by atoms with van der Waals surface area (Å²) < 4.78 is 110. The van der Waals surface area contributed by atoms with Gasteiger partial charge >= 0.3 is 0 Å². The molecule has 12 heterocycles. The number of hydrogen-bond donors (Lipinski definition) is 18. The highest BCUT2D eigenvalue weighted by Crippen LogP contribution is 2.43. The molecule has 0 spiro atoms. The van der Waals surface area contributed by atoms with Crippen molar-refractivity contribution >= 4 is 0 Å². The minimum Gasteiger partial charge on any atom is -0.394 e. The van der Waals surface area contributed by atoms with Crippen LogP contribution in [-0.2, 0) is 90.0 Å². The minimum atomic E-state index is -1.95. The second-order valence-corrected chi connectivity index (χ2v) is 22.9. The lowest BCUT2D eigenvalue weighted by Gasteiger charge is -2.48. The molecular weight excluding hydrogens is 1170 g/mol. The molecule has 0 radical (unpaired) electrons. The van der Waals surface area contributed by atoms with Crippen LogP contribution >= 0.6 is 0 Å². The van der Waals surface area contributed by atoms with Gasteiger partial charge in [-0.2, -0.15) is 0 Å². The molecule has 0 aromatic rings. The van der Waals surface area contributed by atoms with E-state index < -0.39 is 272 Å². The van der Waals surface area contributed by atoms with Gasteiger partial charge in [-0.15, -0.1) is 0 Å². The van der Waals surface area contributed by atoms with Crippen LogP contribution in [0.3, 0.4) is 0 Å². The van der Waals surface area contributed by atoms with Gasteiger partial charge in [0.05, 0.1) is 52.9 Å². The Hall–Kier alpha value is -1.48. The van der Waals surface area contributed by atoms with Crippen molar-refractivity contribution in [2.24, 2.45) is 0 Å². The normalized spacial score (nSPS) is 57.5. The van der Waals surface area contributed by atoms with E-state index in [-0.39, 0.29) is 26.4 Å². The topological polar surface area (TPSA) is 540 Å². The van der Waals surface area contributed by atoms with Crippen LogP contribution in [0.25, 0.3) is 0 Å². The fourth-order valence-corrected chi connectivity index (χ4v) is 13.0. The molecule has 0 aromatic carbocycles. The summed E-state index contributed by atoms with van der Waals surface area (Å²) in [6.07, 6.45) is -61.8. The van der Waals surface area contributed by atoms with Crippen LogP contribution in [0, 0.1) is 0 Å². The van der Waals surface area contributed by atoms with E-state index in [1.54, 1.807) is 0 Å². The van der Waals surface area contributed by atoms with Crippen LogP contribution in [-0.4, -0.2) is 390 Å². The van der Waals surface area contributed by atoms with Crippen molar-refractivity contribution in [1.82, 2.24) is 0 Å². The SMILES string of the molecule is OC[C@H]1OC(O)C(O)C(O[C@@H]2O[C@H]3CO[C@@H]([C@@H]2O)[C@@H]3O[C@@H]2O[C@H](CO)[C@H](O)[C@H](O[C@@H]3O[C@H]4CO[C@@H]([C@@H]3O)[C@@H]4O[C@@H]3O[C@H](CO)[C@H](O)[C@H](O[C@@H]4O[C@H]5CO[C@@H]([C@@H]4O)[C@@H]5O[C@@H]4O[C@H](CO)[C@H](O)[C@H](O[C@@H]5O[C@H]6CO[C@@H]([C@@H]5O)[C@@H]6O)[C@H]4O)[C@H]3O)[C@H]2O)C1O. The van der Waals surface area contributed by atoms with Crippen LogP contribution in [0.4, 0.5) is 0 Å². The van der Waals surface area contributed by atoms with E-state index in [2.05, 4.69) is 0 Å². The molecule has 0 amide bonds. The smallest absolute Gasteiger partial charge is 0.187 e. The van der Waals surface area contributed by atoms with Crippen LogP contribution in [0.1, 0.15) is 0 Å². The number of hydrogen-bond acceptors (Lipinski definition) is 37. The van der Waals surface area contributed by atoms with Gasteiger partial charge in [0.25, 0.3) is 0 Å². The molecule has 0 aromatic heterocycles. The summed E-state index contributed by atoms with van der Waals surface area (Å²) in [4.78, 5) is 0. The Morgan fingerprint density at radius 2 is 0.482 bits per heavy atom. The summed E-state index contributed by atoms with van der Waals surface area (Å²) in [5.74, 6) is 0. The quantitative estimate of drug-likeness (QED) is 0.0606. The van der Waals surface area contributed by atoms with Crippen molar-refractivity contribution in [3.8, 4) is 0 Å². The average Bonchev–Trinajstić information content (AvgIpc) is 2.27. The third-order valence-electron chi connectivity index (χ3n) is 17.6. The molecule has 0 aliphatic carbocycles. The number of fused-ring (bicyclic) bond motifs is 8. The average molecular weight is 1240 g/mol. The molecular formula is C48H74O37. The molecule has 8 bridgehead atoms. The van der Waals surface area contributed by atoms with E-state index in [1.807, 2.05) is 0 Å². The second kappa shape index (κ2) is 25.9. The maximum Gasteiger partial charge on any atom is 0.187 e. The van der Waals surface area contributed by atoms with E-state index in [0.29, 0.717) is 0 Å². The molecule has 488 valence electrons. The first kappa shape index (κ1) is 63.7. The maximum atomic E-state index is 11.7. The lowest BCUT2D eigenvalue weighted by Crippen LogP contribution is -2.67. The first-order valence-corrected chi connectivity index (χ1v) is 28.0. The Morgan fingerprint density at radius 1 is 0.235 bits per heavy atom. The van der Waals surface area contributed by atoms with Crippen molar-refractivity contribution in [2.75, 3.05) is 52.9 Å². The summed E-state index contributed by atoms with van der Waals surface area (Å²) in [5, 5.41) is 196. The molecule has 40 atom stereocenters. The van der Waals surface area contributed by atoms with Gasteiger partial charge in [0.15, 0.2) is 50.3 Å². The first-order valence-electron chi connectivity index (χ1n) is 28.0. The second-order valence-electron chi connectivity index (χ2n) is 22.9. The molecule has 12 fully saturated rings. The third kappa shape index (κ3) is 11.6. The van der Waals surface area contributed by atoms with E-state index in [4.69, 9.17) is 90.0 Å². The predicted molar refractivity (Wildman–Crippen MR) is 251 cm³/mol. The van der Waals surface area contributed by atoms with Gasteiger partial charge in [0, 0.05) is 0 Å². The summed E-state index contributed by atoms with van der Waals surface area (Å²) in [6.45, 7) is -4.07. The molecule has 0 saturated carbocycles. The molecule has 85 heavy (non-hydrogen) atoms. The zero-order valence-corrected chi connectivity index (χ0v) is 44.6. The van der Waals surface area contributed by atoms with Crippen LogP contribution < -0.4 is 0 Å². The lowest BCUT2D eigenvalue weighted by molar-refractivity contribution is -0.384. The highest BCUT2D eigenvalue weighted by molar-refractivity contribution is 5.05. The summed E-state index contributed by atoms with van der Waals surface area (Å²) in [5.41, 5.74) is 0. The Morgan fingerprint density at radius 3 is 0.812 bits per heavy atom. The number of ether oxygens (including phenoxy) is 19. The highest BCUT2D eigenvalue weighted by Gasteiger charge is 2.63. The number of rotatable bonds is 18. The van der Waals surface area contributed by atoms with E-state index in [0.717, 1.165) is 0 Å². The van der Waals surface area contributed by atoms with Crippen molar-refractivity contribution in [2.45, 2.75) is 246 Å². The minimum absolute atomic E-state index is 0.0615. The Kier molecular flexibility index (Phi) is 19.4. The Labute approximate surface area is 479 Å². The molecule has 12 saturated heterocycles. The van der Waals surface area contributed by atoms with Crippen molar-refractivity contribution < 1.29 is 182 Å². The van der Waals surface area contributed by atoms with E-state index >= 15 is 0 Å². The fraction of sp³-hybridized carbons (Fsp3) is 1.00. The lowest BCUT2D eigenvalue weighted by atomic mass is 9.96. The highest BCUT2D eigenvalue weighted by atomic mass is 16.8. The first-order chi connectivity index (χ1) is 40.7. The van der Waals surface area contributed by atoms with Gasteiger partial charge in [-0.3, -0.25) is 0 Å². The van der Waals surface area contributed by atoms with E-state index in [1.165, 1.54) is 0 Å². The van der Waals surface area contributed by atoms with Crippen LogP contribution in [0.2, 0.25) is 0 Å². The van der Waals surface area contributed by atoms with Gasteiger partial charge in [0.1, 0.15) is 195 Å². The molecule has 12 rings (SSSR count). The zero-order valence-electron chi connectivity index (χ0n) is 44.6. The van der Waals surface area contributed by atoms with Crippen molar-refractivity contribution in [3.63, 3.8) is 0 Å². The molecule has 4 unspecified atom stereocenters. The predicted octanol–water partition coefficient (Wildman–Crippen LogP) is -14.3. The number of aliphatic hydroxyl groups excluding tert-OH is 18. The van der Waals surface area contributed by atoms with Gasteiger partial charge in [-0.05, 0) is 0 Å². The standard InChI is InChI=1S/C48H74O37/c49-1-9-17(53)34(22(58)41(66)71-9)82-46-27(63)38-30(14(76-46)6-68-38)79-44-25(61)36(19(55)11(3-51)73-44)84-48-29(65)40-32(16(78-48)8-70-40)81-45-26(62)37(20(56)12(4-52)74-45)85-47-28(64)39-31(15(77-47)7-69-39)80-43-24(60)35(18(54)10(2-50)72-43)83-42-23(59)33-21(57)13(75-42)5-67-33/h9-66H,1-8H2/t9-,10-,11-,12-,13+,14+,15+,16+,17?,18+,19+,20+,21-,22?,23+,24-,25-,26-,27+,28+,29+,30-,31-,32-,33-,34?,35+,36+,37+,38+,39+,40+,41?,42+,43+,44+,45+,46+,47+,48+/m1/s1. The summed E-state index contributed by atoms with van der Waals surface area (Å²) in [6, 6.07) is 0. The van der Waals surface area contributed by atoms with E-state index in [9.17, 15) is 91.9 Å². The monoisotopic (exact) mass is 1240 g/mol. The zero-order chi connectivity index (χ0) is 60.2. The fourth-order valence-electron chi connectivity index (χ4n) is 13.0. The van der Waals surface area contributed by atoms with Gasteiger partial charge in [-0.25, -0.2) is 0 Å². The maximum absolute atomic E-state index is 11.7. The number of aliphatic hydroxyl groups is 18. The van der Waals surface area contributed by atoms with Crippen LogP contribution in [0.5, 0.6) is 0 Å². The van der Waals surface area contributed by atoms with Gasteiger partial charge in [-0.1, -0.05) is 0 Å². The molecule has 12 aliphatic heterocycles. The van der Waals surface area contributed by atoms with Gasteiger partial charge < -0.3 is 182 Å². The largest absolute Gasteiger partial charge is 0.394 e. The summed E-state index contributed by atoms with van der Waals surface area (Å²) in [7, 11) is 0. The molecule has 12 aliphatic rings. The molecule has 37 heteroatoms. The Bertz CT molecular complexity index is 2200. The van der Waals surface area contributed by atoms with Crippen LogP contribution in [0.15, 0.2) is 0 Å². The molecule has 18 N–H and O–H groups in total. The van der Waals surface area contributed by atoms with Gasteiger partial charge in [0.2, 0.25) is 0 Å².